The Morgan fingerprint density at radius 2 is 0.876 bits per heavy atom. The van der Waals surface area contributed by atoms with Gasteiger partial charge in [-0.05, 0) is 113 Å². The number of rotatable bonds is 17. The van der Waals surface area contributed by atoms with Gasteiger partial charge in [-0.2, -0.15) is 0 Å². The molecule has 0 atom stereocenters. The molecule has 0 spiro atoms. The van der Waals surface area contributed by atoms with Crippen molar-refractivity contribution in [3.63, 3.8) is 0 Å². The first-order chi connectivity index (χ1) is 40.9. The summed E-state index contributed by atoms with van der Waals surface area (Å²) < 4.78 is 115. The number of aromatic carboxylic acids is 1. The van der Waals surface area contributed by atoms with Crippen molar-refractivity contribution in [2.24, 2.45) is 27.0 Å². The van der Waals surface area contributed by atoms with Crippen LogP contribution >= 0.6 is 47.8 Å². The second kappa shape index (κ2) is 33.9. The number of halogens is 9. The normalized spacial score (nSPS) is 11.2. The second-order valence-electron chi connectivity index (χ2n) is 21.6. The number of hydrogen-bond donors (Lipinski definition) is 1. The van der Waals surface area contributed by atoms with Gasteiger partial charge in [-0.1, -0.05) is 66.0 Å². The molecule has 27 heteroatoms. The van der Waals surface area contributed by atoms with Gasteiger partial charge < -0.3 is 52.9 Å². The summed E-state index contributed by atoms with van der Waals surface area (Å²) in [4.78, 5) is 52.7. The minimum absolute atomic E-state index is 0. The third-order valence-corrected chi connectivity index (χ3v) is 14.5. The zero-order chi connectivity index (χ0) is 64.2. The van der Waals surface area contributed by atoms with Crippen LogP contribution < -0.4 is 62.4 Å². The van der Waals surface area contributed by atoms with Crippen LogP contribution in [0, 0.1) is 34.9 Å². The van der Waals surface area contributed by atoms with Crippen molar-refractivity contribution in [2.45, 2.75) is 72.0 Å². The van der Waals surface area contributed by atoms with Gasteiger partial charge in [-0.3, -0.25) is 4.79 Å². The molecule has 0 saturated heterocycles. The van der Waals surface area contributed by atoms with E-state index < -0.39 is 46.8 Å². The second-order valence-corrected chi connectivity index (χ2v) is 24.4. The molecule has 472 valence electrons. The number of carbonyl (C=O) groups is 3. The number of nitrogens with two attached hydrogens (primary N) is 1. The van der Waals surface area contributed by atoms with Crippen LogP contribution in [-0.4, -0.2) is 103 Å². The number of carboxylic acid groups (broad SMARTS) is 1. The topological polar surface area (TPSA) is 231 Å². The average Bonchev–Trinajstić information content (AvgIpc) is 3.04. The predicted octanol–water partition coefficient (Wildman–Crippen LogP) is 8.65. The Bertz CT molecular complexity index is 3970. The molecular formula is C62H65Br3F6KN7O10. The quantitative estimate of drug-likeness (QED) is 0.0225. The number of aromatic nitrogens is 6. The number of aryl methyl sites for hydroxylation is 3. The molecule has 9 aromatic rings. The van der Waals surface area contributed by atoms with Gasteiger partial charge >= 0.3 is 57.4 Å². The zero-order valence-electron chi connectivity index (χ0n) is 50.7. The fraction of sp³-hybridized carbons (Fsp3) is 0.323. The summed E-state index contributed by atoms with van der Waals surface area (Å²) in [6.45, 7) is 13.1. The third-order valence-electron chi connectivity index (χ3n) is 13.0. The third kappa shape index (κ3) is 20.6. The molecule has 4 N–H and O–H groups in total. The monoisotopic (exact) mass is 1460 g/mol. The smallest absolute Gasteiger partial charge is 0.545 e. The predicted molar refractivity (Wildman–Crippen MR) is 329 cm³/mol. The van der Waals surface area contributed by atoms with Crippen LogP contribution in [0.2, 0.25) is 0 Å². The molecule has 6 aromatic carbocycles. The van der Waals surface area contributed by atoms with Crippen molar-refractivity contribution in [3.05, 3.63) is 190 Å². The largest absolute Gasteiger partial charge is 1.00 e. The van der Waals surface area contributed by atoms with E-state index in [2.05, 4.69) is 67.6 Å². The summed E-state index contributed by atoms with van der Waals surface area (Å²) >= 11 is 9.53. The molecule has 3 aromatic heterocycles. The van der Waals surface area contributed by atoms with Crippen molar-refractivity contribution >= 4 is 98.6 Å². The Morgan fingerprint density at radius 3 is 1.21 bits per heavy atom. The van der Waals surface area contributed by atoms with Gasteiger partial charge in [-0.25, -0.2) is 52.0 Å². The molecule has 3 heterocycles. The fourth-order valence-electron chi connectivity index (χ4n) is 8.65. The summed E-state index contributed by atoms with van der Waals surface area (Å²) in [7, 11) is 6.26. The molecule has 0 aliphatic heterocycles. The first-order valence-corrected chi connectivity index (χ1v) is 29.0. The number of hydrogen-bond acceptors (Lipinski definition) is 13. The molecule has 0 unspecified atom stereocenters. The molecule has 0 aliphatic carbocycles. The van der Waals surface area contributed by atoms with Gasteiger partial charge in [-0.15, -0.1) is 0 Å². The van der Waals surface area contributed by atoms with E-state index in [0.717, 1.165) is 0 Å². The number of ether oxygens (including phenoxy) is 4. The van der Waals surface area contributed by atoms with Crippen molar-refractivity contribution in [1.82, 2.24) is 28.7 Å². The number of benzene rings is 6. The number of carbonyl (C=O) groups excluding carboxylic acids is 3. The van der Waals surface area contributed by atoms with Gasteiger partial charge in [0, 0.05) is 81.6 Å². The van der Waals surface area contributed by atoms with Crippen LogP contribution in [0.1, 0.15) is 106 Å². The Hall–Kier alpha value is -5.24. The van der Waals surface area contributed by atoms with E-state index in [1.807, 2.05) is 41.5 Å². The van der Waals surface area contributed by atoms with E-state index in [1.165, 1.54) is 67.1 Å². The minimum atomic E-state index is -1.51. The molecule has 17 nitrogen and oxygen atoms in total. The molecule has 0 bridgehead atoms. The number of ketones is 1. The molecule has 89 heavy (non-hydrogen) atoms. The van der Waals surface area contributed by atoms with Crippen molar-refractivity contribution in [1.29, 1.82) is 0 Å². The maximum atomic E-state index is 15.4. The minimum Gasteiger partial charge on any atom is -0.545 e. The average molecular weight is 1460 g/mol. The maximum absolute atomic E-state index is 15.4. The van der Waals surface area contributed by atoms with Crippen molar-refractivity contribution in [2.75, 3.05) is 40.1 Å². The molecule has 0 saturated carbocycles. The molecular weight excluding hydrogens is 1400 g/mol. The van der Waals surface area contributed by atoms with Crippen LogP contribution in [0.4, 0.5) is 26.3 Å². The van der Waals surface area contributed by atoms with E-state index in [1.54, 1.807) is 66.7 Å². The van der Waals surface area contributed by atoms with Crippen LogP contribution in [-0.2, 0) is 64.2 Å². The number of Topliss-reactive ketones (excluding diaryl/α,β-unsaturated/α-hetero) is 1. The van der Waals surface area contributed by atoms with Crippen LogP contribution in [0.15, 0.2) is 105 Å². The number of carboxylic acids is 1. The van der Waals surface area contributed by atoms with Gasteiger partial charge in [0.15, 0.2) is 23.2 Å². The SMILES string of the molecule is CC(C)(C)OCCON.COC(=O)c1cc2c(ncn2C)c(F)c1Cc1ccc(Br)cc1F.Cn1cnc2c(F)c(Cc3ccc(Br)cc3F)c(C(=O)COCCOC(C)(C)C)cc21.Cn1cnc2c(F)c(Cc3ccc(Br)cc3F)c(C(=O)[O-])cc21.O.[K+]. The number of imidazole rings is 3. The summed E-state index contributed by atoms with van der Waals surface area (Å²) in [5.74, 6) is -1.36. The molecule has 0 radical (unpaired) electrons. The Balaban J connectivity index is 0.000000266. The van der Waals surface area contributed by atoms with Crippen molar-refractivity contribution < 1.29 is 126 Å². The molecule has 9 rings (SSSR count). The Kier molecular flexibility index (Phi) is 29.0. The van der Waals surface area contributed by atoms with Gasteiger partial charge in [0.1, 0.15) is 40.6 Å². The van der Waals surface area contributed by atoms with Crippen LogP contribution in [0.5, 0.6) is 0 Å². The first kappa shape index (κ1) is 76.2. The van der Waals surface area contributed by atoms with Crippen LogP contribution in [0.3, 0.4) is 0 Å². The van der Waals surface area contributed by atoms with E-state index in [0.29, 0.717) is 49.8 Å². The number of methoxy groups -OCH3 is 1. The summed E-state index contributed by atoms with van der Waals surface area (Å²) in [5, 5.41) is 11.4. The van der Waals surface area contributed by atoms with E-state index in [-0.39, 0.29) is 173 Å². The summed E-state index contributed by atoms with van der Waals surface area (Å²) in [5.41, 5.74) is 1.91. The molecule has 0 aliphatic rings. The summed E-state index contributed by atoms with van der Waals surface area (Å²) in [6, 6.07) is 17.8. The summed E-state index contributed by atoms with van der Waals surface area (Å²) in [6.07, 6.45) is 3.95. The van der Waals surface area contributed by atoms with Gasteiger partial charge in [0.2, 0.25) is 0 Å². The fourth-order valence-corrected chi connectivity index (χ4v) is 9.64. The van der Waals surface area contributed by atoms with Gasteiger partial charge in [0.25, 0.3) is 0 Å². The maximum Gasteiger partial charge on any atom is 1.00 e. The molecule has 0 fully saturated rings. The number of fused-ring (bicyclic) bond motifs is 3. The van der Waals surface area contributed by atoms with E-state index >= 15 is 4.39 Å². The molecule has 0 amide bonds. The van der Waals surface area contributed by atoms with Crippen LogP contribution in [0.25, 0.3) is 33.1 Å². The Morgan fingerprint density at radius 1 is 0.539 bits per heavy atom. The van der Waals surface area contributed by atoms with Crippen molar-refractivity contribution in [3.8, 4) is 0 Å². The Labute approximate surface area is 577 Å². The van der Waals surface area contributed by atoms with E-state index in [4.69, 9.17) is 24.8 Å². The number of nitrogens with zero attached hydrogens (tertiary/aromatic N) is 6. The van der Waals surface area contributed by atoms with Gasteiger partial charge in [0.05, 0.1) is 91.8 Å². The first-order valence-electron chi connectivity index (χ1n) is 26.6. The number of esters is 1. The van der Waals surface area contributed by atoms with E-state index in [9.17, 15) is 41.4 Å². The zero-order valence-corrected chi connectivity index (χ0v) is 58.5. The standard InChI is InChI=1S/C23H25BrF2N2O3.C17H13BrF2N2O2.C16H11BrF2N2O2.C6H15NO2.K.H2O/c1-23(2,3)31-8-7-30-12-20(29)16-11-19-22(27-13-28(19)4)21(26)17(16)9-14-5-6-15(24)10-18(14)25;1-22-8-21-16-14(22)7-12(17(23)24-2)11(15(16)20)5-9-3-4-10(18)6-13(9)19;1-21-7-20-15-13(21)6-11(16(22)23)10(14(15)19)4-8-2-3-9(17)5-12(8)18;1-6(2,3)8-4-5-9-7;;/h5-6,10-11,13H,7-9,12H2,1-4H3;3-4,6-8H,5H2,1-2H3;2-3,5-7H,4H2,1H3,(H,22,23);4-5,7H2,1-3H3;;1H2/q;;;;+1;/p-1.